The van der Waals surface area contributed by atoms with Crippen molar-refractivity contribution < 1.29 is 19.1 Å². The Labute approximate surface area is 152 Å². The molecular weight excluding hydrogens is 332 g/mol. The van der Waals surface area contributed by atoms with Crippen LogP contribution in [0.4, 0.5) is 5.69 Å². The van der Waals surface area contributed by atoms with Gasteiger partial charge in [-0.2, -0.15) is 0 Å². The average molecular weight is 354 g/mol. The number of anilines is 1. The number of ketones is 1. The minimum Gasteiger partial charge on any atom is -0.454 e. The molecule has 26 heavy (non-hydrogen) atoms. The Hall–Kier alpha value is -2.86. The van der Waals surface area contributed by atoms with Crippen LogP contribution in [0.2, 0.25) is 0 Å². The number of nitrogens with zero attached hydrogens (tertiary/aromatic N) is 1. The molecule has 1 amide bonds. The lowest BCUT2D eigenvalue weighted by atomic mass is 10.1. The fourth-order valence-corrected chi connectivity index (χ4v) is 2.70. The summed E-state index contributed by atoms with van der Waals surface area (Å²) in [5.41, 5.74) is 2.33. The summed E-state index contributed by atoms with van der Waals surface area (Å²) in [5, 5.41) is 2.88. The van der Waals surface area contributed by atoms with Gasteiger partial charge in [0, 0.05) is 17.8 Å². The fraction of sp³-hybridized carbons (Fsp3) is 0.300. The normalized spacial score (nSPS) is 13.5. The van der Waals surface area contributed by atoms with E-state index < -0.39 is 0 Å². The first-order valence-corrected chi connectivity index (χ1v) is 8.44. The van der Waals surface area contributed by atoms with Gasteiger partial charge in [0.1, 0.15) is 0 Å². The van der Waals surface area contributed by atoms with Crippen molar-refractivity contribution in [3.8, 4) is 11.5 Å². The summed E-state index contributed by atoms with van der Waals surface area (Å²) in [5.74, 6) is 1.37. The van der Waals surface area contributed by atoms with Gasteiger partial charge >= 0.3 is 0 Å². The standard InChI is InChI=1S/C20H22N2O4/c1-13(20(24)21-17-7-5-16(6-8-17)14(2)23)22(3)11-15-4-9-18-19(10-15)26-12-25-18/h4-10,13H,11-12H2,1-3H3,(H,21,24)/t13-/m1/s1. The van der Waals surface area contributed by atoms with E-state index in [1.54, 1.807) is 24.3 Å². The predicted octanol–water partition coefficient (Wildman–Crippen LogP) is 3.08. The van der Waals surface area contributed by atoms with E-state index in [-0.39, 0.29) is 24.5 Å². The van der Waals surface area contributed by atoms with E-state index in [9.17, 15) is 9.59 Å². The van der Waals surface area contributed by atoms with Gasteiger partial charge in [0.2, 0.25) is 12.7 Å². The molecule has 1 N–H and O–H groups in total. The van der Waals surface area contributed by atoms with Crippen LogP contribution in [0.1, 0.15) is 29.8 Å². The van der Waals surface area contributed by atoms with Crippen LogP contribution in [-0.2, 0) is 11.3 Å². The Kier molecular flexibility index (Phi) is 5.23. The maximum Gasteiger partial charge on any atom is 0.241 e. The molecule has 2 aromatic carbocycles. The Morgan fingerprint density at radius 2 is 1.81 bits per heavy atom. The topological polar surface area (TPSA) is 67.9 Å². The molecule has 0 fully saturated rings. The van der Waals surface area contributed by atoms with E-state index >= 15 is 0 Å². The van der Waals surface area contributed by atoms with E-state index in [1.165, 1.54) is 6.92 Å². The van der Waals surface area contributed by atoms with Gasteiger partial charge in [-0.25, -0.2) is 0 Å². The smallest absolute Gasteiger partial charge is 0.241 e. The minimum atomic E-state index is -0.326. The Morgan fingerprint density at radius 1 is 1.12 bits per heavy atom. The zero-order valence-electron chi connectivity index (χ0n) is 15.1. The second-order valence-electron chi connectivity index (χ2n) is 6.40. The average Bonchev–Trinajstić information content (AvgIpc) is 3.09. The molecule has 3 rings (SSSR count). The predicted molar refractivity (Wildman–Crippen MR) is 98.6 cm³/mol. The molecular formula is C20H22N2O4. The number of fused-ring (bicyclic) bond motifs is 1. The van der Waals surface area contributed by atoms with Gasteiger partial charge in [0.25, 0.3) is 0 Å². The maximum atomic E-state index is 12.5. The van der Waals surface area contributed by atoms with Crippen LogP contribution in [0.25, 0.3) is 0 Å². The van der Waals surface area contributed by atoms with Crippen LogP contribution in [0.15, 0.2) is 42.5 Å². The summed E-state index contributed by atoms with van der Waals surface area (Å²) < 4.78 is 10.7. The first kappa shape index (κ1) is 17.9. The van der Waals surface area contributed by atoms with Crippen molar-refractivity contribution in [2.75, 3.05) is 19.2 Å². The zero-order chi connectivity index (χ0) is 18.7. The number of carbonyl (C=O) groups excluding carboxylic acids is 2. The molecule has 6 nitrogen and oxygen atoms in total. The third-order valence-corrected chi connectivity index (χ3v) is 4.47. The molecule has 1 atom stereocenters. The van der Waals surface area contributed by atoms with E-state index in [0.29, 0.717) is 17.8 Å². The van der Waals surface area contributed by atoms with Gasteiger partial charge in [0.05, 0.1) is 6.04 Å². The number of carbonyl (C=O) groups is 2. The van der Waals surface area contributed by atoms with Gasteiger partial charge in [-0.05, 0) is 62.9 Å². The molecule has 136 valence electrons. The highest BCUT2D eigenvalue weighted by atomic mass is 16.7. The van der Waals surface area contributed by atoms with Crippen molar-refractivity contribution in [3.63, 3.8) is 0 Å². The minimum absolute atomic E-state index is 0.000274. The Morgan fingerprint density at radius 3 is 2.50 bits per heavy atom. The molecule has 0 aromatic heterocycles. The zero-order valence-corrected chi connectivity index (χ0v) is 15.1. The number of nitrogens with one attached hydrogen (secondary N) is 1. The number of hydrogen-bond donors (Lipinski definition) is 1. The van der Waals surface area contributed by atoms with Crippen LogP contribution in [0.3, 0.4) is 0 Å². The molecule has 6 heteroatoms. The molecule has 0 spiro atoms. The number of Topliss-reactive ketones (excluding diaryl/α,β-unsaturated/α-hetero) is 1. The maximum absolute atomic E-state index is 12.5. The molecule has 0 radical (unpaired) electrons. The first-order chi connectivity index (χ1) is 12.4. The molecule has 1 aliphatic rings. The lowest BCUT2D eigenvalue weighted by molar-refractivity contribution is -0.120. The fourth-order valence-electron chi connectivity index (χ4n) is 2.70. The quantitative estimate of drug-likeness (QED) is 0.808. The van der Waals surface area contributed by atoms with Gasteiger partial charge < -0.3 is 14.8 Å². The van der Waals surface area contributed by atoms with E-state index in [0.717, 1.165) is 17.1 Å². The lowest BCUT2D eigenvalue weighted by Crippen LogP contribution is -2.39. The summed E-state index contributed by atoms with van der Waals surface area (Å²) in [6.45, 7) is 4.22. The molecule has 0 saturated heterocycles. The summed E-state index contributed by atoms with van der Waals surface area (Å²) in [7, 11) is 1.90. The Balaban J connectivity index is 1.59. The second-order valence-corrected chi connectivity index (χ2v) is 6.40. The largest absolute Gasteiger partial charge is 0.454 e. The number of hydrogen-bond acceptors (Lipinski definition) is 5. The van der Waals surface area contributed by atoms with Crippen molar-refractivity contribution in [2.24, 2.45) is 0 Å². The van der Waals surface area contributed by atoms with E-state index in [2.05, 4.69) is 5.32 Å². The monoisotopic (exact) mass is 354 g/mol. The van der Waals surface area contributed by atoms with Crippen LogP contribution < -0.4 is 14.8 Å². The molecule has 2 aromatic rings. The highest BCUT2D eigenvalue weighted by Gasteiger charge is 2.20. The highest BCUT2D eigenvalue weighted by Crippen LogP contribution is 2.32. The van der Waals surface area contributed by atoms with Gasteiger partial charge in [0.15, 0.2) is 17.3 Å². The lowest BCUT2D eigenvalue weighted by Gasteiger charge is -2.24. The summed E-state index contributed by atoms with van der Waals surface area (Å²) in [6.07, 6.45) is 0. The number of ether oxygens (including phenoxy) is 2. The third kappa shape index (κ3) is 4.03. The SMILES string of the molecule is CC(=O)c1ccc(NC(=O)[C@@H](C)N(C)Cc2ccc3c(c2)OCO3)cc1. The number of rotatable bonds is 6. The van der Waals surface area contributed by atoms with Crippen molar-refractivity contribution in [2.45, 2.75) is 26.4 Å². The number of benzene rings is 2. The number of likely N-dealkylation sites (N-methyl/N-ethyl adjacent to an activating group) is 1. The molecule has 0 bridgehead atoms. The van der Waals surface area contributed by atoms with E-state index in [1.807, 2.05) is 37.1 Å². The van der Waals surface area contributed by atoms with Gasteiger partial charge in [-0.15, -0.1) is 0 Å². The summed E-state index contributed by atoms with van der Waals surface area (Å²) in [6, 6.07) is 12.3. The Bertz CT molecular complexity index is 817. The summed E-state index contributed by atoms with van der Waals surface area (Å²) >= 11 is 0. The molecule has 1 aliphatic heterocycles. The molecule has 1 heterocycles. The van der Waals surface area contributed by atoms with Crippen LogP contribution >= 0.6 is 0 Å². The molecule has 0 aliphatic carbocycles. The van der Waals surface area contributed by atoms with Crippen LogP contribution in [0, 0.1) is 0 Å². The molecule has 0 saturated carbocycles. The first-order valence-electron chi connectivity index (χ1n) is 8.44. The summed E-state index contributed by atoms with van der Waals surface area (Å²) in [4.78, 5) is 25.8. The van der Waals surface area contributed by atoms with Crippen molar-refractivity contribution >= 4 is 17.4 Å². The second kappa shape index (κ2) is 7.58. The highest BCUT2D eigenvalue weighted by molar-refractivity contribution is 5.96. The molecule has 0 unspecified atom stereocenters. The van der Waals surface area contributed by atoms with Crippen LogP contribution in [-0.4, -0.2) is 36.5 Å². The van der Waals surface area contributed by atoms with Crippen LogP contribution in [0.5, 0.6) is 11.5 Å². The van der Waals surface area contributed by atoms with Gasteiger partial charge in [-0.3, -0.25) is 14.5 Å². The van der Waals surface area contributed by atoms with Gasteiger partial charge in [-0.1, -0.05) is 6.07 Å². The van der Waals surface area contributed by atoms with Crippen molar-refractivity contribution in [3.05, 3.63) is 53.6 Å². The van der Waals surface area contributed by atoms with Crippen molar-refractivity contribution in [1.82, 2.24) is 4.90 Å². The number of amides is 1. The van der Waals surface area contributed by atoms with Crippen molar-refractivity contribution in [1.29, 1.82) is 0 Å². The van der Waals surface area contributed by atoms with E-state index in [4.69, 9.17) is 9.47 Å². The third-order valence-electron chi connectivity index (χ3n) is 4.47.